The fraction of sp³-hybridized carbons (Fsp3) is 0.438. The first-order valence-electron chi connectivity index (χ1n) is 8.71. The number of anilines is 1. The van der Waals surface area contributed by atoms with E-state index in [0.717, 1.165) is 32.4 Å². The Morgan fingerprint density at radius 3 is 2.81 bits per heavy atom. The lowest BCUT2D eigenvalue weighted by molar-refractivity contribution is 0.352. The van der Waals surface area contributed by atoms with E-state index in [1.54, 1.807) is 12.3 Å². The third kappa shape index (κ3) is 3.88. The maximum atomic E-state index is 11.7. The van der Waals surface area contributed by atoms with Crippen LogP contribution in [0.15, 0.2) is 23.6 Å². The molecule has 1 aliphatic rings. The second kappa shape index (κ2) is 7.16. The standard InChI is InChI=1S/C16H20N8O2S/c1-27(25,26)16-18-5-4-12(20-16)13-11-10-19-15(21-14(11)23-22-13)17-6-9-24-7-2-3-8-24/h4-5,10H,2-3,6-9H2,1H3,(H2,17,19,21,22,23). The van der Waals surface area contributed by atoms with Crippen LogP contribution in [0.1, 0.15) is 12.8 Å². The molecule has 0 atom stereocenters. The van der Waals surface area contributed by atoms with Crippen LogP contribution in [0, 0.1) is 0 Å². The molecule has 1 saturated heterocycles. The Hall–Kier alpha value is -2.66. The highest BCUT2D eigenvalue weighted by Gasteiger charge is 2.16. The van der Waals surface area contributed by atoms with Gasteiger partial charge in [-0.3, -0.25) is 5.10 Å². The number of aromatic amines is 1. The first-order valence-corrected chi connectivity index (χ1v) is 10.6. The summed E-state index contributed by atoms with van der Waals surface area (Å²) in [7, 11) is -3.50. The molecule has 27 heavy (non-hydrogen) atoms. The smallest absolute Gasteiger partial charge is 0.247 e. The van der Waals surface area contributed by atoms with Crippen LogP contribution in [0.5, 0.6) is 0 Å². The molecule has 3 aromatic rings. The molecule has 0 amide bonds. The predicted molar refractivity (Wildman–Crippen MR) is 100.0 cm³/mol. The minimum absolute atomic E-state index is 0.233. The summed E-state index contributed by atoms with van der Waals surface area (Å²) in [6.45, 7) is 4.03. The number of nitrogens with zero attached hydrogens (tertiary/aromatic N) is 6. The Labute approximate surface area is 156 Å². The summed E-state index contributed by atoms with van der Waals surface area (Å²) in [5.41, 5.74) is 1.47. The van der Waals surface area contributed by atoms with Crippen molar-refractivity contribution >= 4 is 26.8 Å². The Morgan fingerprint density at radius 1 is 1.22 bits per heavy atom. The molecule has 10 nitrogen and oxygen atoms in total. The van der Waals surface area contributed by atoms with Crippen molar-refractivity contribution in [2.75, 3.05) is 37.8 Å². The van der Waals surface area contributed by atoms with E-state index in [1.807, 2.05) is 0 Å². The fourth-order valence-electron chi connectivity index (χ4n) is 3.07. The van der Waals surface area contributed by atoms with Crippen LogP contribution in [-0.2, 0) is 9.84 Å². The average Bonchev–Trinajstić information content (AvgIpc) is 3.30. The van der Waals surface area contributed by atoms with Gasteiger partial charge < -0.3 is 10.2 Å². The predicted octanol–water partition coefficient (Wildman–Crippen LogP) is 0.721. The van der Waals surface area contributed by atoms with Crippen LogP contribution >= 0.6 is 0 Å². The third-order valence-electron chi connectivity index (χ3n) is 4.44. The summed E-state index contributed by atoms with van der Waals surface area (Å²) in [6, 6.07) is 1.61. The normalized spacial score (nSPS) is 15.4. The van der Waals surface area contributed by atoms with Crippen molar-refractivity contribution in [1.82, 2.24) is 35.0 Å². The summed E-state index contributed by atoms with van der Waals surface area (Å²) in [4.78, 5) is 19.1. The van der Waals surface area contributed by atoms with Crippen LogP contribution in [0.3, 0.4) is 0 Å². The number of H-pyrrole nitrogens is 1. The molecule has 0 aromatic carbocycles. The van der Waals surface area contributed by atoms with Gasteiger partial charge in [-0.05, 0) is 32.0 Å². The van der Waals surface area contributed by atoms with Gasteiger partial charge >= 0.3 is 0 Å². The monoisotopic (exact) mass is 388 g/mol. The molecule has 11 heteroatoms. The maximum Gasteiger partial charge on any atom is 0.247 e. The maximum absolute atomic E-state index is 11.7. The van der Waals surface area contributed by atoms with Crippen molar-refractivity contribution in [3.8, 4) is 11.4 Å². The molecule has 0 spiro atoms. The average molecular weight is 388 g/mol. The second-order valence-corrected chi connectivity index (χ2v) is 8.41. The van der Waals surface area contributed by atoms with Crippen molar-refractivity contribution < 1.29 is 8.42 Å². The number of nitrogens with one attached hydrogen (secondary N) is 2. The quantitative estimate of drug-likeness (QED) is 0.587. The zero-order valence-corrected chi connectivity index (χ0v) is 15.7. The van der Waals surface area contributed by atoms with Gasteiger partial charge in [-0.15, -0.1) is 0 Å². The molecule has 0 radical (unpaired) electrons. The van der Waals surface area contributed by atoms with E-state index in [4.69, 9.17) is 0 Å². The van der Waals surface area contributed by atoms with Gasteiger partial charge in [0.2, 0.25) is 20.9 Å². The van der Waals surface area contributed by atoms with Crippen LogP contribution in [0.4, 0.5) is 5.95 Å². The van der Waals surface area contributed by atoms with Crippen molar-refractivity contribution in [2.24, 2.45) is 0 Å². The molecule has 4 heterocycles. The Balaban J connectivity index is 1.54. The van der Waals surface area contributed by atoms with Gasteiger partial charge in [-0.1, -0.05) is 0 Å². The fourth-order valence-corrected chi connectivity index (χ4v) is 3.59. The van der Waals surface area contributed by atoms with Crippen molar-refractivity contribution in [3.63, 3.8) is 0 Å². The first kappa shape index (κ1) is 17.7. The molecule has 1 fully saturated rings. The SMILES string of the molecule is CS(=O)(=O)c1nccc(-c2[nH]nc3nc(NCCN4CCCC4)ncc23)n1. The first-order chi connectivity index (χ1) is 13.0. The summed E-state index contributed by atoms with van der Waals surface area (Å²) < 4.78 is 23.3. The molecular weight excluding hydrogens is 368 g/mol. The van der Waals surface area contributed by atoms with E-state index < -0.39 is 9.84 Å². The summed E-state index contributed by atoms with van der Waals surface area (Å²) in [5, 5.41) is 10.7. The zero-order chi connectivity index (χ0) is 18.9. The highest BCUT2D eigenvalue weighted by atomic mass is 32.2. The van der Waals surface area contributed by atoms with Gasteiger partial charge in [0.05, 0.1) is 16.8 Å². The number of sulfone groups is 1. The van der Waals surface area contributed by atoms with E-state index in [0.29, 0.717) is 28.4 Å². The van der Waals surface area contributed by atoms with Crippen LogP contribution in [0.2, 0.25) is 0 Å². The van der Waals surface area contributed by atoms with Crippen LogP contribution < -0.4 is 5.32 Å². The Morgan fingerprint density at radius 2 is 2.04 bits per heavy atom. The molecular formula is C16H20N8O2S. The number of aromatic nitrogens is 6. The van der Waals surface area contributed by atoms with Crippen LogP contribution in [-0.4, -0.2) is 75.9 Å². The lowest BCUT2D eigenvalue weighted by Crippen LogP contribution is -2.26. The minimum atomic E-state index is -3.50. The molecule has 3 aromatic heterocycles. The summed E-state index contributed by atoms with van der Waals surface area (Å²) in [5.74, 6) is 0.513. The minimum Gasteiger partial charge on any atom is -0.353 e. The van der Waals surface area contributed by atoms with Crippen LogP contribution in [0.25, 0.3) is 22.4 Å². The van der Waals surface area contributed by atoms with Gasteiger partial charge in [0.15, 0.2) is 5.65 Å². The van der Waals surface area contributed by atoms with Crippen molar-refractivity contribution in [2.45, 2.75) is 18.0 Å². The second-order valence-electron chi connectivity index (χ2n) is 6.50. The van der Waals surface area contributed by atoms with Gasteiger partial charge in [0.1, 0.15) is 0 Å². The largest absolute Gasteiger partial charge is 0.353 e. The number of rotatable bonds is 6. The highest BCUT2D eigenvalue weighted by molar-refractivity contribution is 7.90. The molecule has 4 rings (SSSR count). The molecule has 1 aliphatic heterocycles. The zero-order valence-electron chi connectivity index (χ0n) is 14.9. The van der Waals surface area contributed by atoms with Gasteiger partial charge in [-0.2, -0.15) is 10.1 Å². The van der Waals surface area contributed by atoms with E-state index in [-0.39, 0.29) is 5.16 Å². The van der Waals surface area contributed by atoms with Crippen molar-refractivity contribution in [1.29, 1.82) is 0 Å². The molecule has 0 unspecified atom stereocenters. The Bertz CT molecular complexity index is 1060. The molecule has 0 bridgehead atoms. The molecule has 142 valence electrons. The lowest BCUT2D eigenvalue weighted by atomic mass is 10.2. The van der Waals surface area contributed by atoms with Gasteiger partial charge in [0, 0.05) is 31.7 Å². The molecule has 0 saturated carbocycles. The van der Waals surface area contributed by atoms with E-state index >= 15 is 0 Å². The lowest BCUT2D eigenvalue weighted by Gasteiger charge is -2.14. The number of hydrogen-bond acceptors (Lipinski definition) is 9. The van der Waals surface area contributed by atoms with Gasteiger partial charge in [0.25, 0.3) is 0 Å². The Kier molecular flexibility index (Phi) is 4.70. The summed E-state index contributed by atoms with van der Waals surface area (Å²) in [6.07, 6.45) is 6.66. The van der Waals surface area contributed by atoms with Crippen molar-refractivity contribution in [3.05, 3.63) is 18.5 Å². The van der Waals surface area contributed by atoms with E-state index in [2.05, 4.69) is 40.3 Å². The topological polar surface area (TPSA) is 130 Å². The number of fused-ring (bicyclic) bond motifs is 1. The van der Waals surface area contributed by atoms with E-state index in [9.17, 15) is 8.42 Å². The summed E-state index contributed by atoms with van der Waals surface area (Å²) >= 11 is 0. The number of likely N-dealkylation sites (tertiary alicyclic amines) is 1. The number of hydrogen-bond donors (Lipinski definition) is 2. The molecule has 0 aliphatic carbocycles. The van der Waals surface area contributed by atoms with E-state index in [1.165, 1.54) is 19.0 Å². The van der Waals surface area contributed by atoms with Gasteiger partial charge in [-0.25, -0.2) is 23.4 Å². The highest BCUT2D eigenvalue weighted by Crippen LogP contribution is 2.24. The third-order valence-corrected chi connectivity index (χ3v) is 5.30. The molecule has 2 N–H and O–H groups in total.